The number of nitrogens with two attached hydrogens (primary N) is 1. The number of hydrogen-bond donors (Lipinski definition) is 1. The predicted octanol–water partition coefficient (Wildman–Crippen LogP) is 2.57. The van der Waals surface area contributed by atoms with E-state index in [1.54, 1.807) is 19.1 Å². The molecule has 1 aromatic rings. The van der Waals surface area contributed by atoms with Crippen LogP contribution in [0.25, 0.3) is 0 Å². The van der Waals surface area contributed by atoms with Crippen molar-refractivity contribution in [2.45, 2.75) is 32.1 Å². The summed E-state index contributed by atoms with van der Waals surface area (Å²) in [6.45, 7) is 1.85. The Labute approximate surface area is 169 Å². The molecule has 1 aromatic carbocycles. The summed E-state index contributed by atoms with van der Waals surface area (Å²) in [4.78, 5) is 25.7. The van der Waals surface area contributed by atoms with Crippen LogP contribution in [0.3, 0.4) is 0 Å². The first-order valence-electron chi connectivity index (χ1n) is 9.37. The highest BCUT2D eigenvalue weighted by molar-refractivity contribution is 6.03. The average Bonchev–Trinajstić information content (AvgIpc) is 2.71. The van der Waals surface area contributed by atoms with E-state index in [4.69, 9.17) is 29.4 Å². The summed E-state index contributed by atoms with van der Waals surface area (Å²) < 4.78 is 27.2. The van der Waals surface area contributed by atoms with Crippen LogP contribution in [0.4, 0.5) is 0 Å². The molecule has 8 heteroatoms. The van der Waals surface area contributed by atoms with Crippen LogP contribution in [0.15, 0.2) is 34.9 Å². The van der Waals surface area contributed by atoms with Crippen LogP contribution in [-0.2, 0) is 19.1 Å². The van der Waals surface area contributed by atoms with Crippen LogP contribution in [0.5, 0.6) is 17.2 Å². The topological polar surface area (TPSA) is 106 Å². The van der Waals surface area contributed by atoms with Gasteiger partial charge in [0.1, 0.15) is 17.1 Å². The van der Waals surface area contributed by atoms with Gasteiger partial charge in [-0.1, -0.05) is 0 Å². The van der Waals surface area contributed by atoms with E-state index in [9.17, 15) is 9.59 Å². The maximum absolute atomic E-state index is 12.9. The molecule has 0 aromatic heterocycles. The molecule has 2 N–H and O–H groups in total. The van der Waals surface area contributed by atoms with Crippen molar-refractivity contribution < 1.29 is 33.3 Å². The molecule has 0 amide bonds. The van der Waals surface area contributed by atoms with Gasteiger partial charge in [-0.25, -0.2) is 4.79 Å². The second kappa shape index (κ2) is 8.46. The van der Waals surface area contributed by atoms with Gasteiger partial charge in [0.15, 0.2) is 17.3 Å². The minimum absolute atomic E-state index is 0.0706. The quantitative estimate of drug-likeness (QED) is 0.723. The largest absolute Gasteiger partial charge is 0.496 e. The molecule has 0 saturated heterocycles. The summed E-state index contributed by atoms with van der Waals surface area (Å²) in [6.07, 6.45) is 1.59. The van der Waals surface area contributed by atoms with Crippen LogP contribution in [-0.4, -0.2) is 39.7 Å². The zero-order valence-corrected chi connectivity index (χ0v) is 17.0. The van der Waals surface area contributed by atoms with Gasteiger partial charge in [-0.2, -0.15) is 0 Å². The molecule has 0 saturated carbocycles. The number of carbonyl (C=O) groups excluding carboxylic acids is 2. The number of methoxy groups -OCH3 is 3. The van der Waals surface area contributed by atoms with Crippen LogP contribution in [0.2, 0.25) is 0 Å². The first-order chi connectivity index (χ1) is 14.0. The molecule has 2 aliphatic rings. The molecular formula is C21H25NO7. The lowest BCUT2D eigenvalue weighted by atomic mass is 9.77. The molecule has 3 rings (SSSR count). The number of benzene rings is 1. The van der Waals surface area contributed by atoms with Crippen molar-refractivity contribution in [1.29, 1.82) is 0 Å². The monoisotopic (exact) mass is 403 g/mol. The van der Waals surface area contributed by atoms with Gasteiger partial charge >= 0.3 is 5.97 Å². The number of esters is 1. The van der Waals surface area contributed by atoms with Crippen molar-refractivity contribution >= 4 is 11.8 Å². The zero-order valence-electron chi connectivity index (χ0n) is 17.0. The van der Waals surface area contributed by atoms with Gasteiger partial charge in [-0.3, -0.25) is 4.79 Å². The lowest BCUT2D eigenvalue weighted by molar-refractivity contribution is -0.139. The second-order valence-corrected chi connectivity index (χ2v) is 6.60. The second-order valence-electron chi connectivity index (χ2n) is 6.60. The molecule has 0 fully saturated rings. The number of Topliss-reactive ketones (excluding diaryl/α,β-unsaturated/α-hetero) is 1. The van der Waals surface area contributed by atoms with Crippen molar-refractivity contribution in [3.63, 3.8) is 0 Å². The van der Waals surface area contributed by atoms with E-state index in [0.29, 0.717) is 53.4 Å². The van der Waals surface area contributed by atoms with Gasteiger partial charge in [0.2, 0.25) is 5.88 Å². The van der Waals surface area contributed by atoms with Gasteiger partial charge in [0.25, 0.3) is 0 Å². The maximum Gasteiger partial charge on any atom is 0.340 e. The molecule has 8 nitrogen and oxygen atoms in total. The molecule has 1 heterocycles. The molecule has 1 atom stereocenters. The standard InChI is InChI=1S/C21H25NO7/c1-5-28-21(24)19-17(18-12(23)7-6-8-13(18)29-20(19)22)11-9-15(26-3)16(27-4)10-14(11)25-2/h9-10,17H,5-8,22H2,1-4H3/t17-/m0/s1. The SMILES string of the molecule is CCOC(=O)C1=C(N)OC2=C(C(=O)CCC2)[C@@H]1c1cc(OC)c(OC)cc1OC. The molecule has 0 spiro atoms. The fourth-order valence-electron chi connectivity index (χ4n) is 3.75. The highest BCUT2D eigenvalue weighted by Crippen LogP contribution is 2.48. The Kier molecular flexibility index (Phi) is 6.00. The van der Waals surface area contributed by atoms with Crippen molar-refractivity contribution in [2.75, 3.05) is 27.9 Å². The van der Waals surface area contributed by atoms with Crippen LogP contribution < -0.4 is 19.9 Å². The third-order valence-corrected chi connectivity index (χ3v) is 5.03. The highest BCUT2D eigenvalue weighted by Gasteiger charge is 2.42. The maximum atomic E-state index is 12.9. The first-order valence-corrected chi connectivity index (χ1v) is 9.37. The summed E-state index contributed by atoms with van der Waals surface area (Å²) >= 11 is 0. The number of hydrogen-bond acceptors (Lipinski definition) is 8. The molecule has 0 bridgehead atoms. The van der Waals surface area contributed by atoms with Gasteiger partial charge in [0, 0.05) is 30.0 Å². The summed E-state index contributed by atoms with van der Waals surface area (Å²) in [7, 11) is 4.52. The lowest BCUT2D eigenvalue weighted by Crippen LogP contribution is -2.31. The Balaban J connectivity index is 2.28. The molecule has 0 radical (unpaired) electrons. The molecule has 0 unspecified atom stereocenters. The van der Waals surface area contributed by atoms with Gasteiger partial charge < -0.3 is 29.4 Å². The molecule has 29 heavy (non-hydrogen) atoms. The Morgan fingerprint density at radius 1 is 1.10 bits per heavy atom. The van der Waals surface area contributed by atoms with Gasteiger partial charge in [-0.15, -0.1) is 0 Å². The zero-order chi connectivity index (χ0) is 21.1. The molecule has 1 aliphatic heterocycles. The van der Waals surface area contributed by atoms with Crippen LogP contribution in [0.1, 0.15) is 37.7 Å². The molecule has 156 valence electrons. The summed E-state index contributed by atoms with van der Waals surface area (Å²) in [5.74, 6) is 0.196. The van der Waals surface area contributed by atoms with Gasteiger partial charge in [-0.05, 0) is 19.4 Å². The van der Waals surface area contributed by atoms with Crippen molar-refractivity contribution in [3.8, 4) is 17.2 Å². The summed E-state index contributed by atoms with van der Waals surface area (Å²) in [5.41, 5.74) is 7.14. The summed E-state index contributed by atoms with van der Waals surface area (Å²) in [5, 5.41) is 0. The van der Waals surface area contributed by atoms with E-state index < -0.39 is 11.9 Å². The molecule has 1 aliphatic carbocycles. The Bertz CT molecular complexity index is 901. The van der Waals surface area contributed by atoms with E-state index in [1.165, 1.54) is 21.3 Å². The Hall–Kier alpha value is -3.16. The van der Waals surface area contributed by atoms with Crippen LogP contribution >= 0.6 is 0 Å². The third-order valence-electron chi connectivity index (χ3n) is 5.03. The smallest absolute Gasteiger partial charge is 0.340 e. The number of allylic oxidation sites excluding steroid dienone is 2. The fraction of sp³-hybridized carbons (Fsp3) is 0.429. The Morgan fingerprint density at radius 3 is 2.38 bits per heavy atom. The normalized spacial score (nSPS) is 18.8. The van der Waals surface area contributed by atoms with E-state index in [0.717, 1.165) is 0 Å². The summed E-state index contributed by atoms with van der Waals surface area (Å²) in [6, 6.07) is 3.34. The minimum atomic E-state index is -0.791. The average molecular weight is 403 g/mol. The number of carbonyl (C=O) groups is 2. The van der Waals surface area contributed by atoms with Crippen molar-refractivity contribution in [2.24, 2.45) is 5.73 Å². The number of ether oxygens (including phenoxy) is 5. The number of rotatable bonds is 6. The highest BCUT2D eigenvalue weighted by atomic mass is 16.5. The van der Waals surface area contributed by atoms with E-state index in [-0.39, 0.29) is 23.8 Å². The van der Waals surface area contributed by atoms with Crippen molar-refractivity contribution in [3.05, 3.63) is 40.5 Å². The van der Waals surface area contributed by atoms with Gasteiger partial charge in [0.05, 0.1) is 33.9 Å². The minimum Gasteiger partial charge on any atom is -0.496 e. The Morgan fingerprint density at radius 2 is 1.76 bits per heavy atom. The van der Waals surface area contributed by atoms with Crippen molar-refractivity contribution in [1.82, 2.24) is 0 Å². The van der Waals surface area contributed by atoms with E-state index in [2.05, 4.69) is 0 Å². The molecular weight excluding hydrogens is 378 g/mol. The lowest BCUT2D eigenvalue weighted by Gasteiger charge is -2.33. The van der Waals surface area contributed by atoms with Crippen LogP contribution in [0, 0.1) is 0 Å². The number of ketones is 1. The third kappa shape index (κ3) is 3.62. The van der Waals surface area contributed by atoms with E-state index >= 15 is 0 Å². The predicted molar refractivity (Wildman–Crippen MR) is 104 cm³/mol. The van der Waals surface area contributed by atoms with E-state index in [1.807, 2.05) is 0 Å². The first kappa shape index (κ1) is 20.6. The fourth-order valence-corrected chi connectivity index (χ4v) is 3.75.